The Balaban J connectivity index is 1.47. The molecule has 0 unspecified atom stereocenters. The van der Waals surface area contributed by atoms with E-state index < -0.39 is 5.60 Å². The molecule has 0 aliphatic carbocycles. The van der Waals surface area contributed by atoms with E-state index in [0.717, 1.165) is 48.4 Å². The van der Waals surface area contributed by atoms with Gasteiger partial charge in [0.1, 0.15) is 11.9 Å². The van der Waals surface area contributed by atoms with Crippen LogP contribution in [-0.2, 0) is 4.74 Å². The highest BCUT2D eigenvalue weighted by Gasteiger charge is 2.28. The number of benzene rings is 1. The molecule has 196 valence electrons. The van der Waals surface area contributed by atoms with Crippen LogP contribution in [0.1, 0.15) is 95.8 Å². The van der Waals surface area contributed by atoms with Crippen molar-refractivity contribution in [2.45, 2.75) is 84.7 Å². The van der Waals surface area contributed by atoms with Gasteiger partial charge in [-0.2, -0.15) is 5.10 Å². The lowest BCUT2D eigenvalue weighted by molar-refractivity contribution is 0.0205. The van der Waals surface area contributed by atoms with Gasteiger partial charge in [-0.25, -0.2) is 14.3 Å². The fraction of sp³-hybridized carbons (Fsp3) is 0.500. The fourth-order valence-corrected chi connectivity index (χ4v) is 5.55. The molecule has 5 rings (SSSR count). The number of amides is 1. The molecule has 3 aromatic heterocycles. The summed E-state index contributed by atoms with van der Waals surface area (Å²) in [6.07, 6.45) is 5.39. The Bertz CT molecular complexity index is 1430. The van der Waals surface area contributed by atoms with E-state index in [2.05, 4.69) is 73.2 Å². The van der Waals surface area contributed by atoms with Crippen molar-refractivity contribution in [2.75, 3.05) is 13.1 Å². The first kappa shape index (κ1) is 25.3. The Morgan fingerprint density at radius 2 is 1.81 bits per heavy atom. The van der Waals surface area contributed by atoms with E-state index in [1.165, 1.54) is 22.1 Å². The summed E-state index contributed by atoms with van der Waals surface area (Å²) in [4.78, 5) is 22.6. The Morgan fingerprint density at radius 1 is 1.08 bits per heavy atom. The predicted octanol–water partition coefficient (Wildman–Crippen LogP) is 7.24. The second kappa shape index (κ2) is 9.51. The normalized spacial score (nSPS) is 15.4. The Morgan fingerprint density at radius 3 is 2.46 bits per heavy atom. The number of aromatic amines is 1. The molecule has 0 spiro atoms. The average Bonchev–Trinajstić information content (AvgIpc) is 3.46. The number of pyridine rings is 1. The second-order valence-electron chi connectivity index (χ2n) is 12.0. The average molecular weight is 502 g/mol. The number of nitrogens with zero attached hydrogens (tertiary/aromatic N) is 4. The third kappa shape index (κ3) is 4.96. The summed E-state index contributed by atoms with van der Waals surface area (Å²) in [6.45, 7) is 16.1. The highest BCUT2D eigenvalue weighted by Crippen LogP contribution is 2.39. The van der Waals surface area contributed by atoms with Crippen molar-refractivity contribution in [1.82, 2.24) is 24.5 Å². The third-order valence-corrected chi connectivity index (χ3v) is 7.37. The maximum Gasteiger partial charge on any atom is 0.410 e. The van der Waals surface area contributed by atoms with Crippen LogP contribution in [0.3, 0.4) is 0 Å². The molecule has 1 fully saturated rings. The molecule has 0 saturated carbocycles. The molecule has 7 nitrogen and oxygen atoms in total. The number of hydrogen-bond donors (Lipinski definition) is 1. The molecule has 1 N–H and O–H groups in total. The number of aromatic nitrogens is 4. The van der Waals surface area contributed by atoms with Gasteiger partial charge in [0.25, 0.3) is 0 Å². The van der Waals surface area contributed by atoms with Crippen LogP contribution in [0.25, 0.3) is 27.8 Å². The number of fused-ring (bicyclic) bond motifs is 2. The zero-order valence-corrected chi connectivity index (χ0v) is 23.1. The van der Waals surface area contributed by atoms with Crippen molar-refractivity contribution in [2.24, 2.45) is 0 Å². The van der Waals surface area contributed by atoms with E-state index in [0.29, 0.717) is 17.8 Å². The Kier molecular flexibility index (Phi) is 6.50. The van der Waals surface area contributed by atoms with Gasteiger partial charge in [0.05, 0.1) is 5.69 Å². The smallest absolute Gasteiger partial charge is 0.410 e. The first-order chi connectivity index (χ1) is 17.5. The largest absolute Gasteiger partial charge is 0.444 e. The van der Waals surface area contributed by atoms with Gasteiger partial charge in [0.15, 0.2) is 5.65 Å². The summed E-state index contributed by atoms with van der Waals surface area (Å²) in [6, 6.07) is 9.10. The standard InChI is InChI=1S/C30H39N5O2/c1-18(2)23-15-22(16-35-28(23)31-17-32-35)27-26(19(3)4)24-14-21(8-9-25(24)33-27)20-10-12-34(13-11-20)29(36)37-30(5,6)7/h8-9,14-20,33H,10-13H2,1-7H3. The van der Waals surface area contributed by atoms with Crippen molar-refractivity contribution in [1.29, 1.82) is 0 Å². The van der Waals surface area contributed by atoms with Crippen molar-refractivity contribution in [3.05, 3.63) is 53.5 Å². The molecule has 4 heterocycles. The topological polar surface area (TPSA) is 75.5 Å². The molecule has 1 aromatic carbocycles. The maximum absolute atomic E-state index is 12.5. The van der Waals surface area contributed by atoms with Crippen molar-refractivity contribution < 1.29 is 9.53 Å². The fourth-order valence-electron chi connectivity index (χ4n) is 5.55. The molecule has 1 saturated heterocycles. The van der Waals surface area contributed by atoms with Crippen LogP contribution < -0.4 is 0 Å². The van der Waals surface area contributed by atoms with Crippen molar-refractivity contribution in [3.8, 4) is 11.3 Å². The van der Waals surface area contributed by atoms with E-state index in [9.17, 15) is 4.79 Å². The minimum atomic E-state index is -0.466. The summed E-state index contributed by atoms with van der Waals surface area (Å²) in [5, 5.41) is 5.72. The first-order valence-corrected chi connectivity index (χ1v) is 13.5. The highest BCUT2D eigenvalue weighted by molar-refractivity contribution is 5.92. The van der Waals surface area contributed by atoms with E-state index in [1.807, 2.05) is 30.2 Å². The summed E-state index contributed by atoms with van der Waals surface area (Å²) in [7, 11) is 0. The summed E-state index contributed by atoms with van der Waals surface area (Å²) < 4.78 is 7.47. The molecule has 37 heavy (non-hydrogen) atoms. The van der Waals surface area contributed by atoms with E-state index in [-0.39, 0.29) is 6.09 Å². The molecular weight excluding hydrogens is 462 g/mol. The number of hydrogen-bond acceptors (Lipinski definition) is 4. The Labute approximate surface area is 219 Å². The number of ether oxygens (including phenoxy) is 1. The van der Waals surface area contributed by atoms with Gasteiger partial charge in [-0.1, -0.05) is 33.8 Å². The lowest BCUT2D eigenvalue weighted by Gasteiger charge is -2.33. The van der Waals surface area contributed by atoms with Gasteiger partial charge >= 0.3 is 6.09 Å². The monoisotopic (exact) mass is 501 g/mol. The van der Waals surface area contributed by atoms with Gasteiger partial charge in [0, 0.05) is 41.3 Å². The van der Waals surface area contributed by atoms with Crippen molar-refractivity contribution in [3.63, 3.8) is 0 Å². The van der Waals surface area contributed by atoms with Gasteiger partial charge in [0.2, 0.25) is 0 Å². The summed E-state index contributed by atoms with van der Waals surface area (Å²) >= 11 is 0. The molecule has 7 heteroatoms. The van der Waals surface area contributed by atoms with Gasteiger partial charge < -0.3 is 14.6 Å². The third-order valence-electron chi connectivity index (χ3n) is 7.37. The SMILES string of the molecule is CC(C)c1c(-c2cc(C(C)C)c3ncnn3c2)[nH]c2ccc(C3CCN(C(=O)OC(C)(C)C)CC3)cc12. The zero-order valence-electron chi connectivity index (χ0n) is 23.1. The molecule has 4 aromatic rings. The molecule has 0 bridgehead atoms. The number of rotatable bonds is 4. The number of carbonyl (C=O) groups is 1. The number of carbonyl (C=O) groups excluding carboxylic acids is 1. The van der Waals surface area contributed by atoms with E-state index in [4.69, 9.17) is 4.74 Å². The van der Waals surface area contributed by atoms with Gasteiger partial charge in [-0.15, -0.1) is 0 Å². The van der Waals surface area contributed by atoms with Crippen LogP contribution in [-0.4, -0.2) is 49.3 Å². The van der Waals surface area contributed by atoms with Crippen LogP contribution in [0, 0.1) is 0 Å². The van der Waals surface area contributed by atoms with Crippen LogP contribution in [0.2, 0.25) is 0 Å². The van der Waals surface area contributed by atoms with Crippen LogP contribution in [0.4, 0.5) is 4.79 Å². The number of H-pyrrole nitrogens is 1. The second-order valence-corrected chi connectivity index (χ2v) is 12.0. The van der Waals surface area contributed by atoms with Gasteiger partial charge in [-0.05, 0) is 80.7 Å². The quantitative estimate of drug-likeness (QED) is 0.320. The maximum atomic E-state index is 12.5. The Hall–Kier alpha value is -3.35. The van der Waals surface area contributed by atoms with Crippen LogP contribution in [0.15, 0.2) is 36.8 Å². The highest BCUT2D eigenvalue weighted by atomic mass is 16.6. The van der Waals surface area contributed by atoms with E-state index >= 15 is 0 Å². The summed E-state index contributed by atoms with van der Waals surface area (Å²) in [5.41, 5.74) is 7.76. The van der Waals surface area contributed by atoms with Crippen LogP contribution >= 0.6 is 0 Å². The number of piperidine rings is 1. The van der Waals surface area contributed by atoms with E-state index in [1.54, 1.807) is 6.33 Å². The summed E-state index contributed by atoms with van der Waals surface area (Å²) in [5.74, 6) is 1.12. The van der Waals surface area contributed by atoms with Crippen molar-refractivity contribution >= 4 is 22.6 Å². The molecule has 1 aliphatic rings. The first-order valence-electron chi connectivity index (χ1n) is 13.5. The molecule has 0 radical (unpaired) electrons. The minimum absolute atomic E-state index is 0.205. The predicted molar refractivity (Wildman–Crippen MR) is 148 cm³/mol. The lowest BCUT2D eigenvalue weighted by Crippen LogP contribution is -2.41. The lowest BCUT2D eigenvalue weighted by atomic mass is 9.87. The number of likely N-dealkylation sites (tertiary alicyclic amines) is 1. The molecule has 1 amide bonds. The van der Waals surface area contributed by atoms with Gasteiger partial charge in [-0.3, -0.25) is 0 Å². The number of nitrogens with one attached hydrogen (secondary N) is 1. The molecular formula is C30H39N5O2. The zero-order chi connectivity index (χ0) is 26.5. The van der Waals surface area contributed by atoms with Crippen LogP contribution in [0.5, 0.6) is 0 Å². The minimum Gasteiger partial charge on any atom is -0.444 e. The molecule has 0 atom stereocenters. The molecule has 1 aliphatic heterocycles.